The number of thiol groups is 1. The number of unbranched alkanes of at least 4 members (excludes halogenated alkanes) is 2. The van der Waals surface area contributed by atoms with Crippen LogP contribution in [0, 0.1) is 27.7 Å². The zero-order valence-electron chi connectivity index (χ0n) is 26.6. The van der Waals surface area contributed by atoms with Crippen LogP contribution in [-0.4, -0.2) is 29.0 Å². The Kier molecular flexibility index (Phi) is 496. The van der Waals surface area contributed by atoms with Crippen molar-refractivity contribution in [3.05, 3.63) is 52.0 Å². The molecule has 0 aromatic rings. The fraction of sp³-hybridized carbons (Fsp3) is 0.714. The molecule has 0 aliphatic carbocycles. The molecular formula is C28H65BBr4NSW2. The number of rotatable bonds is 4. The predicted octanol–water partition coefficient (Wildman–Crippen LogP) is 13.9. The first kappa shape index (κ1) is 83.5. The number of halogens is 4. The Morgan fingerprint density at radius 3 is 0.919 bits per heavy atom. The van der Waals surface area contributed by atoms with E-state index in [1.807, 2.05) is 65.8 Å². The third-order valence-electron chi connectivity index (χ3n) is 1.65. The maximum absolute atomic E-state index is 4.34. The maximum Gasteiger partial charge on any atom is 2.00 e. The molecular weight excluding hydrogens is 1080 g/mol. The van der Waals surface area contributed by atoms with Crippen molar-refractivity contribution in [1.82, 2.24) is 0 Å². The molecule has 231 valence electrons. The molecule has 0 N–H and O–H groups in total. The smallest absolute Gasteiger partial charge is 0.346 e. The van der Waals surface area contributed by atoms with Crippen LogP contribution in [0.1, 0.15) is 109 Å². The van der Waals surface area contributed by atoms with Gasteiger partial charge in [-0.15, -0.1) is 21.3 Å². The van der Waals surface area contributed by atoms with Gasteiger partial charge in [0.2, 0.25) is 0 Å². The van der Waals surface area contributed by atoms with E-state index in [0.29, 0.717) is 0 Å². The minimum Gasteiger partial charge on any atom is -0.346 e. The van der Waals surface area contributed by atoms with Gasteiger partial charge in [-0.2, -0.15) is 20.8 Å². The van der Waals surface area contributed by atoms with Gasteiger partial charge in [-0.05, 0) is 27.2 Å². The summed E-state index contributed by atoms with van der Waals surface area (Å²) in [6, 6.07) is 0. The second-order valence-corrected chi connectivity index (χ2v) is 7.59. The summed E-state index contributed by atoms with van der Waals surface area (Å²) in [6.07, 6.45) is 13.3. The molecule has 0 amide bonds. The normalized spacial score (nSPS) is 6.27. The maximum atomic E-state index is 4.34. The SMILES string of the molecule is C/C=C/C.C/C=C/CBr.CC.CCBr.CCCC.CCCCBr.[B]=NS.[CH2-]C.[CH2-]C.[CH2-]C.[CH2-]CBr.[W+2].[W+2]. The van der Waals surface area contributed by atoms with Crippen LogP contribution < -0.4 is 0 Å². The van der Waals surface area contributed by atoms with Crippen molar-refractivity contribution in [1.29, 1.82) is 0 Å². The molecule has 0 fully saturated rings. The first-order chi connectivity index (χ1) is 16.9. The van der Waals surface area contributed by atoms with Gasteiger partial charge in [-0.1, -0.05) is 133 Å². The molecule has 0 bridgehead atoms. The van der Waals surface area contributed by atoms with Crippen LogP contribution in [0.5, 0.6) is 0 Å². The second-order valence-electron chi connectivity index (χ2n) is 4.00. The van der Waals surface area contributed by atoms with Crippen LogP contribution in [0.25, 0.3) is 0 Å². The van der Waals surface area contributed by atoms with Crippen LogP contribution in [0.3, 0.4) is 0 Å². The van der Waals surface area contributed by atoms with E-state index in [1.54, 1.807) is 20.8 Å². The van der Waals surface area contributed by atoms with E-state index in [1.165, 1.54) is 25.7 Å². The Hall–Kier alpha value is 2.99. The molecule has 1 radical (unpaired) electrons. The minimum atomic E-state index is 0. The van der Waals surface area contributed by atoms with Gasteiger partial charge in [-0.25, -0.2) is 0 Å². The molecule has 0 unspecified atom stereocenters. The summed E-state index contributed by atoms with van der Waals surface area (Å²) in [4.78, 5) is 0. The van der Waals surface area contributed by atoms with Gasteiger partial charge in [0.15, 0.2) is 0 Å². The Morgan fingerprint density at radius 2 is 0.919 bits per heavy atom. The third-order valence-corrected chi connectivity index (χ3v) is 2.58. The molecule has 0 saturated carbocycles. The predicted molar refractivity (Wildman–Crippen MR) is 199 cm³/mol. The van der Waals surface area contributed by atoms with E-state index in [0.717, 1.165) is 21.3 Å². The first-order valence-corrected chi connectivity index (χ1v) is 17.2. The average Bonchev–Trinajstić information content (AvgIpc) is 2.92. The molecule has 9 heteroatoms. The quantitative estimate of drug-likeness (QED) is 0.0947. The molecule has 0 rings (SSSR count). The first-order valence-electron chi connectivity index (χ1n) is 12.3. The molecule has 0 spiro atoms. The molecule has 0 aromatic heterocycles. The van der Waals surface area contributed by atoms with E-state index in [9.17, 15) is 0 Å². The number of alkyl halides is 4. The third kappa shape index (κ3) is 660. The number of hydrogen-bond acceptors (Lipinski definition) is 2. The van der Waals surface area contributed by atoms with Gasteiger partial charge in [0.25, 0.3) is 0 Å². The van der Waals surface area contributed by atoms with E-state index >= 15 is 0 Å². The second kappa shape index (κ2) is 220. The van der Waals surface area contributed by atoms with Gasteiger partial charge in [0.1, 0.15) is 0 Å². The molecule has 0 heterocycles. The summed E-state index contributed by atoms with van der Waals surface area (Å²) >= 11 is 15.9. The fourth-order valence-electron chi connectivity index (χ4n) is 0.223. The Bertz CT molecular complexity index is 213. The summed E-state index contributed by atoms with van der Waals surface area (Å²) in [5, 5.41) is 4.01. The summed E-state index contributed by atoms with van der Waals surface area (Å²) < 4.78 is 2.69. The zero-order valence-corrected chi connectivity index (χ0v) is 39.7. The van der Waals surface area contributed by atoms with Gasteiger partial charge >= 0.3 is 66.9 Å². The zero-order chi connectivity index (χ0) is 31.2. The molecule has 37 heavy (non-hydrogen) atoms. The Labute approximate surface area is 309 Å². The van der Waals surface area contributed by atoms with E-state index in [4.69, 9.17) is 0 Å². The largest absolute Gasteiger partial charge is 2.00 e. The van der Waals surface area contributed by atoms with Crippen molar-refractivity contribution in [3.63, 3.8) is 0 Å². The molecule has 1 nitrogen and oxygen atoms in total. The summed E-state index contributed by atoms with van der Waals surface area (Å²) in [5.74, 6) is 0. The van der Waals surface area contributed by atoms with Gasteiger partial charge < -0.3 is 27.7 Å². The molecule has 0 saturated heterocycles. The monoisotopic (exact) mass is 1140 g/mol. The number of hydrogen-bond donors (Lipinski definition) is 1. The fourth-order valence-corrected chi connectivity index (χ4v) is 1.16. The van der Waals surface area contributed by atoms with E-state index in [-0.39, 0.29) is 42.1 Å². The van der Waals surface area contributed by atoms with Crippen molar-refractivity contribution in [2.24, 2.45) is 4.30 Å². The van der Waals surface area contributed by atoms with Crippen LogP contribution in [0.2, 0.25) is 0 Å². The summed E-state index contributed by atoms with van der Waals surface area (Å²) in [5.41, 5.74) is 0. The Morgan fingerprint density at radius 1 is 0.703 bits per heavy atom. The van der Waals surface area contributed by atoms with Crippen molar-refractivity contribution < 1.29 is 42.1 Å². The number of nitrogens with zero attached hydrogens (tertiary/aromatic N) is 1. The van der Waals surface area contributed by atoms with Crippen LogP contribution in [0.15, 0.2) is 28.6 Å². The van der Waals surface area contributed by atoms with Gasteiger partial charge in [0, 0.05) is 16.0 Å². The molecule has 0 aliphatic heterocycles. The van der Waals surface area contributed by atoms with Gasteiger partial charge in [0.05, 0.1) is 0 Å². The average molecular weight is 1150 g/mol. The minimum absolute atomic E-state index is 0. The molecule has 0 aromatic carbocycles. The van der Waals surface area contributed by atoms with Crippen LogP contribution in [-0.2, 0) is 42.1 Å². The number of allylic oxidation sites excluding steroid dienone is 4. The van der Waals surface area contributed by atoms with Gasteiger partial charge in [-0.3, -0.25) is 0 Å². The summed E-state index contributed by atoms with van der Waals surface area (Å²) in [6.45, 7) is 37.0. The van der Waals surface area contributed by atoms with E-state index < -0.39 is 0 Å². The topological polar surface area (TPSA) is 12.4 Å². The van der Waals surface area contributed by atoms with E-state index in [2.05, 4.69) is 137 Å². The van der Waals surface area contributed by atoms with Crippen molar-refractivity contribution in [2.45, 2.75) is 109 Å². The van der Waals surface area contributed by atoms with Crippen LogP contribution >= 0.6 is 76.5 Å². The standard InChI is InChI=1S/C4H9Br.C4H7Br.C4H10.C4H8.C2H5Br.C2H4Br.C2H6.3C2H5.BHNS.2W/c2*1-2-3-4-5;2*1-3-4-2;2*1-2-3;4*1-2;1-2-3;;/h2-4H2,1H3;2-3H,4H2,1H3;3-4H2,1-2H3;3-4H,1-2H3;2H2,1H3;1-2H2;1-2H3;3*1H2,2H3;3H;;/q;;;;;-1;;3*-1;;2*+2/b;3-2+;;4-3+;;;;;;;;;. The van der Waals surface area contributed by atoms with Crippen molar-refractivity contribution in [3.8, 4) is 0 Å². The van der Waals surface area contributed by atoms with Crippen molar-refractivity contribution >= 4 is 84.2 Å². The summed E-state index contributed by atoms with van der Waals surface area (Å²) in [7, 11) is 4.34. The van der Waals surface area contributed by atoms with Crippen molar-refractivity contribution in [2.75, 3.05) is 21.3 Å². The molecule has 0 aliphatic rings. The Balaban J connectivity index is -0.0000000158. The van der Waals surface area contributed by atoms with Crippen LogP contribution in [0.4, 0.5) is 0 Å². The molecule has 0 atom stereocenters.